The minimum absolute atomic E-state index is 0.0654. The fraction of sp³-hybridized carbons (Fsp3) is 0.889. The Bertz CT molecular complexity index is 151. The van der Waals surface area contributed by atoms with Crippen molar-refractivity contribution in [2.24, 2.45) is 0 Å². The fourth-order valence-electron chi connectivity index (χ4n) is 1.50. The zero-order chi connectivity index (χ0) is 8.97. The molecule has 0 aliphatic carbocycles. The molecule has 12 heavy (non-hydrogen) atoms. The predicted octanol–water partition coefficient (Wildman–Crippen LogP) is 1.06. The maximum absolute atomic E-state index is 11.4. The number of hydrogen-bond acceptors (Lipinski definition) is 1. The maximum Gasteiger partial charge on any atom is 0.222 e. The van der Waals surface area contributed by atoms with Crippen LogP contribution in [-0.2, 0) is 4.79 Å². The normalized spacial score (nSPS) is 19.7. The molecule has 1 fully saturated rings. The molecule has 1 rings (SSSR count). The summed E-state index contributed by atoms with van der Waals surface area (Å²) in [5.74, 6) is 0.268. The van der Waals surface area contributed by atoms with Crippen molar-refractivity contribution in [3.8, 4) is 0 Å². The van der Waals surface area contributed by atoms with Gasteiger partial charge < -0.3 is 4.90 Å². The summed E-state index contributed by atoms with van der Waals surface area (Å²) in [5, 5.41) is 0. The highest BCUT2D eigenvalue weighted by atomic mass is 16.2. The lowest BCUT2D eigenvalue weighted by Gasteiger charge is -2.29. The molecule has 1 N–H and O–H groups in total. The molecule has 0 aromatic heterocycles. The average molecular weight is 169 g/mol. The first-order chi connectivity index (χ1) is 5.74. The average Bonchev–Trinajstić information content (AvgIpc) is 2.06. The molecule has 1 aliphatic rings. The first kappa shape index (κ1) is 9.52. The van der Waals surface area contributed by atoms with Crippen molar-refractivity contribution >= 4 is 5.91 Å². The zero-order valence-corrected chi connectivity index (χ0v) is 7.68. The van der Waals surface area contributed by atoms with Crippen molar-refractivity contribution in [2.75, 3.05) is 13.1 Å². The molecule has 1 amide bonds. The van der Waals surface area contributed by atoms with Crippen LogP contribution < -0.4 is 5.73 Å². The van der Waals surface area contributed by atoms with Crippen LogP contribution in [0.4, 0.5) is 0 Å². The molecule has 3 heteroatoms. The highest BCUT2D eigenvalue weighted by molar-refractivity contribution is 5.76. The van der Waals surface area contributed by atoms with E-state index in [0.29, 0.717) is 6.42 Å². The van der Waals surface area contributed by atoms with Gasteiger partial charge in [0.05, 0.1) is 0 Å². The van der Waals surface area contributed by atoms with Crippen molar-refractivity contribution in [3.63, 3.8) is 0 Å². The van der Waals surface area contributed by atoms with Crippen molar-refractivity contribution in [1.82, 2.24) is 10.6 Å². The first-order valence-corrected chi connectivity index (χ1v) is 4.73. The quantitative estimate of drug-likeness (QED) is 0.609. The molecule has 1 radical (unpaired) electrons. The maximum atomic E-state index is 11.4. The van der Waals surface area contributed by atoms with Crippen LogP contribution in [-0.4, -0.2) is 29.9 Å². The third kappa shape index (κ3) is 2.48. The highest BCUT2D eigenvalue weighted by Gasteiger charge is 2.19. The van der Waals surface area contributed by atoms with Gasteiger partial charge in [0.25, 0.3) is 0 Å². The second kappa shape index (κ2) is 4.45. The van der Waals surface area contributed by atoms with E-state index in [9.17, 15) is 4.79 Å². The summed E-state index contributed by atoms with van der Waals surface area (Å²) in [6.07, 6.45) is 3.31. The SMILES string of the molecule is CCCC(=O)N1CCC([NH])CC1. The van der Waals surface area contributed by atoms with E-state index < -0.39 is 0 Å². The second-order valence-corrected chi connectivity index (χ2v) is 3.41. The van der Waals surface area contributed by atoms with Crippen LogP contribution >= 0.6 is 0 Å². The number of piperidine rings is 1. The lowest BCUT2D eigenvalue weighted by Crippen LogP contribution is -2.40. The fourth-order valence-corrected chi connectivity index (χ4v) is 1.50. The third-order valence-corrected chi connectivity index (χ3v) is 2.31. The van der Waals surface area contributed by atoms with Crippen molar-refractivity contribution in [2.45, 2.75) is 38.6 Å². The van der Waals surface area contributed by atoms with E-state index in [-0.39, 0.29) is 11.9 Å². The minimum atomic E-state index is 0.0654. The van der Waals surface area contributed by atoms with Crippen LogP contribution in [0.3, 0.4) is 0 Å². The molecule has 0 atom stereocenters. The molecule has 0 saturated carbocycles. The Morgan fingerprint density at radius 1 is 1.50 bits per heavy atom. The van der Waals surface area contributed by atoms with E-state index in [1.165, 1.54) is 0 Å². The lowest BCUT2D eigenvalue weighted by molar-refractivity contribution is -0.132. The number of carbonyl (C=O) groups excluding carboxylic acids is 1. The van der Waals surface area contributed by atoms with E-state index in [4.69, 9.17) is 5.73 Å². The Balaban J connectivity index is 2.29. The van der Waals surface area contributed by atoms with Gasteiger partial charge in [0.2, 0.25) is 5.91 Å². The molecule has 3 nitrogen and oxygen atoms in total. The van der Waals surface area contributed by atoms with Crippen LogP contribution in [0.5, 0.6) is 0 Å². The summed E-state index contributed by atoms with van der Waals surface area (Å²) >= 11 is 0. The van der Waals surface area contributed by atoms with Gasteiger partial charge >= 0.3 is 0 Å². The molecule has 69 valence electrons. The minimum Gasteiger partial charge on any atom is -0.343 e. The van der Waals surface area contributed by atoms with Gasteiger partial charge in [-0.25, -0.2) is 0 Å². The summed E-state index contributed by atoms with van der Waals surface area (Å²) in [5.41, 5.74) is 7.47. The molecule has 0 bridgehead atoms. The van der Waals surface area contributed by atoms with Crippen LogP contribution in [0.2, 0.25) is 0 Å². The summed E-state index contributed by atoms with van der Waals surface area (Å²) in [7, 11) is 0. The van der Waals surface area contributed by atoms with Gasteiger partial charge in [0.1, 0.15) is 0 Å². The van der Waals surface area contributed by atoms with E-state index in [0.717, 1.165) is 32.4 Å². The largest absolute Gasteiger partial charge is 0.343 e. The van der Waals surface area contributed by atoms with Crippen molar-refractivity contribution < 1.29 is 4.79 Å². The Hall–Kier alpha value is -0.570. The monoisotopic (exact) mass is 169 g/mol. The van der Waals surface area contributed by atoms with Crippen LogP contribution in [0, 0.1) is 0 Å². The number of nitrogens with zero attached hydrogens (tertiary/aromatic N) is 1. The summed E-state index contributed by atoms with van der Waals surface area (Å²) in [6.45, 7) is 3.62. The predicted molar refractivity (Wildman–Crippen MR) is 47.6 cm³/mol. The molecule has 0 spiro atoms. The number of likely N-dealkylation sites (tertiary alicyclic amines) is 1. The third-order valence-electron chi connectivity index (χ3n) is 2.31. The number of carbonyl (C=O) groups is 1. The lowest BCUT2D eigenvalue weighted by atomic mass is 10.1. The van der Waals surface area contributed by atoms with Gasteiger partial charge in [-0.1, -0.05) is 6.92 Å². The van der Waals surface area contributed by atoms with E-state index in [1.807, 2.05) is 11.8 Å². The van der Waals surface area contributed by atoms with Gasteiger partial charge in [-0.15, -0.1) is 0 Å². The number of nitrogens with one attached hydrogen (secondary N) is 1. The standard InChI is InChI=1S/C9H17N2O/c1-2-3-9(12)11-6-4-8(10)5-7-11/h8,10H,2-7H2,1H3. The molecule has 0 aromatic carbocycles. The van der Waals surface area contributed by atoms with Gasteiger partial charge in [0.15, 0.2) is 0 Å². The van der Waals surface area contributed by atoms with Crippen LogP contribution in [0.1, 0.15) is 32.6 Å². The molecule has 1 saturated heterocycles. The van der Waals surface area contributed by atoms with Crippen molar-refractivity contribution in [1.29, 1.82) is 0 Å². The zero-order valence-electron chi connectivity index (χ0n) is 7.68. The topological polar surface area (TPSA) is 44.1 Å². The number of amides is 1. The van der Waals surface area contributed by atoms with E-state index in [2.05, 4.69) is 0 Å². The Kier molecular flexibility index (Phi) is 3.53. The van der Waals surface area contributed by atoms with Crippen LogP contribution in [0.15, 0.2) is 0 Å². The molecular formula is C9H17N2O. The summed E-state index contributed by atoms with van der Waals surface area (Å²) in [4.78, 5) is 13.3. The van der Waals surface area contributed by atoms with Gasteiger partial charge in [-0.05, 0) is 19.3 Å². The molecular weight excluding hydrogens is 152 g/mol. The number of rotatable bonds is 2. The van der Waals surface area contributed by atoms with Gasteiger partial charge in [-0.2, -0.15) is 0 Å². The summed E-state index contributed by atoms with van der Waals surface area (Å²) < 4.78 is 0. The Morgan fingerprint density at radius 2 is 2.08 bits per heavy atom. The molecule has 0 unspecified atom stereocenters. The summed E-state index contributed by atoms with van der Waals surface area (Å²) in [6, 6.07) is 0.0654. The Labute approximate surface area is 73.9 Å². The van der Waals surface area contributed by atoms with E-state index >= 15 is 0 Å². The highest BCUT2D eigenvalue weighted by Crippen LogP contribution is 2.10. The van der Waals surface area contributed by atoms with Gasteiger partial charge in [0, 0.05) is 25.6 Å². The van der Waals surface area contributed by atoms with Crippen LogP contribution in [0.25, 0.3) is 0 Å². The molecule has 1 aliphatic heterocycles. The number of hydrogen-bond donors (Lipinski definition) is 0. The Morgan fingerprint density at radius 3 is 2.58 bits per heavy atom. The first-order valence-electron chi connectivity index (χ1n) is 4.73. The van der Waals surface area contributed by atoms with E-state index in [1.54, 1.807) is 0 Å². The second-order valence-electron chi connectivity index (χ2n) is 3.41. The molecule has 1 heterocycles. The van der Waals surface area contributed by atoms with Crippen molar-refractivity contribution in [3.05, 3.63) is 0 Å². The smallest absolute Gasteiger partial charge is 0.222 e. The molecule has 0 aromatic rings. The van der Waals surface area contributed by atoms with Gasteiger partial charge in [-0.3, -0.25) is 10.5 Å².